The van der Waals surface area contributed by atoms with Gasteiger partial charge in [0.05, 0.1) is 12.2 Å². The van der Waals surface area contributed by atoms with Crippen molar-refractivity contribution in [3.8, 4) is 0 Å². The Morgan fingerprint density at radius 1 is 1.00 bits per heavy atom. The van der Waals surface area contributed by atoms with Gasteiger partial charge in [0.25, 0.3) is 0 Å². The van der Waals surface area contributed by atoms with Gasteiger partial charge in [-0.1, -0.05) is 0 Å². The van der Waals surface area contributed by atoms with Gasteiger partial charge < -0.3 is 4.74 Å². The molecule has 6 atom stereocenters. The lowest BCUT2D eigenvalue weighted by Gasteiger charge is -2.27. The maximum Gasteiger partial charge on any atom is 0.160 e. The normalized spacial score (nSPS) is 57.4. The van der Waals surface area contributed by atoms with Crippen LogP contribution >= 0.6 is 0 Å². The predicted octanol–water partition coefficient (Wildman–Crippen LogP) is 0.344. The number of epoxide rings is 1. The van der Waals surface area contributed by atoms with E-state index in [0.717, 1.165) is 6.42 Å². The summed E-state index contributed by atoms with van der Waals surface area (Å²) >= 11 is 0. The molecule has 0 N–H and O–H groups in total. The van der Waals surface area contributed by atoms with E-state index in [-0.39, 0.29) is 23.4 Å². The molecule has 2 bridgehead atoms. The molecule has 3 nitrogen and oxygen atoms in total. The van der Waals surface area contributed by atoms with Crippen molar-refractivity contribution < 1.29 is 14.3 Å². The maximum absolute atomic E-state index is 11.7. The van der Waals surface area contributed by atoms with Crippen molar-refractivity contribution in [1.29, 1.82) is 0 Å². The quantitative estimate of drug-likeness (QED) is 0.517. The van der Waals surface area contributed by atoms with Gasteiger partial charge in [0, 0.05) is 11.8 Å². The SMILES string of the molecule is O=C1C=CC(=O)[C@@H]2[C@H]3C[C@@H]([C@@H]4O[C@@H]34)[C@@H]12. The highest BCUT2D eigenvalue weighted by Crippen LogP contribution is 2.62. The third-order valence-corrected chi connectivity index (χ3v) is 4.33. The van der Waals surface area contributed by atoms with Crippen molar-refractivity contribution >= 4 is 11.6 Å². The highest BCUT2D eigenvalue weighted by Gasteiger charge is 2.70. The minimum Gasteiger partial charge on any atom is -0.369 e. The molecule has 1 aliphatic heterocycles. The van der Waals surface area contributed by atoms with Gasteiger partial charge in [-0.15, -0.1) is 0 Å². The van der Waals surface area contributed by atoms with Crippen LogP contribution in [0.4, 0.5) is 0 Å². The third kappa shape index (κ3) is 0.630. The van der Waals surface area contributed by atoms with Gasteiger partial charge in [0.15, 0.2) is 11.6 Å². The second-order valence-corrected chi connectivity index (χ2v) is 4.82. The van der Waals surface area contributed by atoms with E-state index in [0.29, 0.717) is 24.0 Å². The van der Waals surface area contributed by atoms with Gasteiger partial charge in [-0.05, 0) is 30.4 Å². The number of carbonyl (C=O) groups is 2. The second kappa shape index (κ2) is 2.01. The van der Waals surface area contributed by atoms with Crippen molar-refractivity contribution in [3.05, 3.63) is 12.2 Å². The first-order chi connectivity index (χ1) is 6.77. The highest BCUT2D eigenvalue weighted by atomic mass is 16.6. The molecule has 1 heterocycles. The molecule has 4 aliphatic rings. The van der Waals surface area contributed by atoms with Crippen LogP contribution in [-0.4, -0.2) is 23.8 Å². The van der Waals surface area contributed by atoms with E-state index in [1.165, 1.54) is 12.2 Å². The Hall–Kier alpha value is -0.960. The maximum atomic E-state index is 11.7. The molecule has 0 aromatic heterocycles. The van der Waals surface area contributed by atoms with Crippen LogP contribution in [0.1, 0.15) is 6.42 Å². The van der Waals surface area contributed by atoms with Gasteiger partial charge in [0.2, 0.25) is 0 Å². The van der Waals surface area contributed by atoms with E-state index in [1.807, 2.05) is 0 Å². The number of rotatable bonds is 0. The molecule has 72 valence electrons. The average Bonchev–Trinajstić information content (AvgIpc) is 2.79. The van der Waals surface area contributed by atoms with E-state index in [2.05, 4.69) is 0 Å². The number of ketones is 2. The molecule has 4 rings (SSSR count). The summed E-state index contributed by atoms with van der Waals surface area (Å²) < 4.78 is 5.50. The Balaban J connectivity index is 1.84. The van der Waals surface area contributed by atoms with E-state index < -0.39 is 0 Å². The van der Waals surface area contributed by atoms with Crippen molar-refractivity contribution in [3.63, 3.8) is 0 Å². The third-order valence-electron chi connectivity index (χ3n) is 4.33. The van der Waals surface area contributed by atoms with Gasteiger partial charge in [0.1, 0.15) is 0 Å². The fraction of sp³-hybridized carbons (Fsp3) is 0.636. The van der Waals surface area contributed by atoms with Crippen LogP contribution in [-0.2, 0) is 14.3 Å². The molecule has 0 aromatic rings. The molecular weight excluding hydrogens is 180 g/mol. The summed E-state index contributed by atoms with van der Waals surface area (Å²) in [5.74, 6) is 0.905. The Morgan fingerprint density at radius 2 is 1.50 bits per heavy atom. The van der Waals surface area contributed by atoms with Crippen LogP contribution < -0.4 is 0 Å². The lowest BCUT2D eigenvalue weighted by Crippen LogP contribution is -2.39. The summed E-state index contributed by atoms with van der Waals surface area (Å²) in [5.41, 5.74) is 0. The molecule has 3 heteroatoms. The van der Waals surface area contributed by atoms with Crippen LogP contribution in [0.25, 0.3) is 0 Å². The molecule has 0 amide bonds. The zero-order chi connectivity index (χ0) is 9.45. The average molecular weight is 190 g/mol. The van der Waals surface area contributed by atoms with Crippen LogP contribution in [0.3, 0.4) is 0 Å². The Morgan fingerprint density at radius 3 is 2.00 bits per heavy atom. The number of hydrogen-bond donors (Lipinski definition) is 0. The molecule has 2 saturated carbocycles. The summed E-state index contributed by atoms with van der Waals surface area (Å²) in [6, 6.07) is 0. The lowest BCUT2D eigenvalue weighted by atomic mass is 9.72. The summed E-state index contributed by atoms with van der Waals surface area (Å²) in [6.45, 7) is 0. The molecule has 3 fully saturated rings. The molecule has 0 radical (unpaired) electrons. The largest absolute Gasteiger partial charge is 0.369 e. The van der Waals surface area contributed by atoms with Crippen LogP contribution in [0.15, 0.2) is 12.2 Å². The number of fused-ring (bicyclic) bond motifs is 8. The van der Waals surface area contributed by atoms with Crippen LogP contribution in [0.2, 0.25) is 0 Å². The number of allylic oxidation sites excluding steroid dienone is 2. The highest BCUT2D eigenvalue weighted by molar-refractivity contribution is 6.08. The van der Waals surface area contributed by atoms with E-state index in [1.54, 1.807) is 0 Å². The van der Waals surface area contributed by atoms with E-state index >= 15 is 0 Å². The molecule has 0 spiro atoms. The number of ether oxygens (including phenoxy) is 1. The van der Waals surface area contributed by atoms with Crippen LogP contribution in [0, 0.1) is 23.7 Å². The molecule has 3 aliphatic carbocycles. The van der Waals surface area contributed by atoms with Crippen LogP contribution in [0.5, 0.6) is 0 Å². The number of carbonyl (C=O) groups excluding carboxylic acids is 2. The smallest absolute Gasteiger partial charge is 0.160 e. The lowest BCUT2D eigenvalue weighted by molar-refractivity contribution is -0.130. The topological polar surface area (TPSA) is 46.7 Å². The van der Waals surface area contributed by atoms with E-state index in [9.17, 15) is 9.59 Å². The van der Waals surface area contributed by atoms with E-state index in [4.69, 9.17) is 4.74 Å². The molecule has 0 unspecified atom stereocenters. The summed E-state index contributed by atoms with van der Waals surface area (Å²) in [6.07, 6.45) is 4.57. The Bertz CT molecular complexity index is 350. The summed E-state index contributed by atoms with van der Waals surface area (Å²) in [5, 5.41) is 0. The summed E-state index contributed by atoms with van der Waals surface area (Å²) in [7, 11) is 0. The standard InChI is InChI=1S/C11H10O3/c12-6-1-2-7(13)9-5-3-4(8(6)9)10-11(5)14-10/h1-2,4-5,8-11H,3H2/t4-,5-,8+,9+,10+,11+/m1/s1. The van der Waals surface area contributed by atoms with Gasteiger partial charge in [-0.2, -0.15) is 0 Å². The van der Waals surface area contributed by atoms with Gasteiger partial charge in [-0.3, -0.25) is 9.59 Å². The van der Waals surface area contributed by atoms with Crippen molar-refractivity contribution in [2.24, 2.45) is 23.7 Å². The predicted molar refractivity (Wildman–Crippen MR) is 46.4 cm³/mol. The molecular formula is C11H10O3. The van der Waals surface area contributed by atoms with Crippen molar-refractivity contribution in [1.82, 2.24) is 0 Å². The second-order valence-electron chi connectivity index (χ2n) is 4.82. The van der Waals surface area contributed by atoms with Gasteiger partial charge >= 0.3 is 0 Å². The zero-order valence-electron chi connectivity index (χ0n) is 7.55. The first kappa shape index (κ1) is 7.35. The van der Waals surface area contributed by atoms with Crippen molar-refractivity contribution in [2.45, 2.75) is 18.6 Å². The monoisotopic (exact) mass is 190 g/mol. The minimum atomic E-state index is -0.0405. The van der Waals surface area contributed by atoms with Gasteiger partial charge in [-0.25, -0.2) is 0 Å². The summed E-state index contributed by atoms with van der Waals surface area (Å²) in [4.78, 5) is 23.4. The number of hydrogen-bond acceptors (Lipinski definition) is 3. The molecule has 0 aromatic carbocycles. The minimum absolute atomic E-state index is 0.0405. The first-order valence-electron chi connectivity index (χ1n) is 5.18. The molecule has 1 saturated heterocycles. The Labute approximate surface area is 81.1 Å². The first-order valence-corrected chi connectivity index (χ1v) is 5.18. The Kier molecular flexibility index (Phi) is 1.05. The molecule has 14 heavy (non-hydrogen) atoms. The fourth-order valence-corrected chi connectivity index (χ4v) is 3.80. The van der Waals surface area contributed by atoms with Crippen molar-refractivity contribution in [2.75, 3.05) is 0 Å². The fourth-order valence-electron chi connectivity index (χ4n) is 3.80. The zero-order valence-corrected chi connectivity index (χ0v) is 7.55.